The predicted molar refractivity (Wildman–Crippen MR) is 50.1 cm³/mol. The highest BCUT2D eigenvalue weighted by Crippen LogP contribution is 2.36. The van der Waals surface area contributed by atoms with Crippen molar-refractivity contribution in [3.63, 3.8) is 0 Å². The number of rotatable bonds is 2. The van der Waals surface area contributed by atoms with Crippen LogP contribution in [0.5, 0.6) is 0 Å². The van der Waals surface area contributed by atoms with Gasteiger partial charge in [-0.3, -0.25) is 20.2 Å². The molecule has 0 unspecified atom stereocenters. The minimum Gasteiger partial charge on any atom is -0.258 e. The van der Waals surface area contributed by atoms with Gasteiger partial charge >= 0.3 is 11.4 Å². The third-order valence-corrected chi connectivity index (χ3v) is 2.11. The molecule has 0 aliphatic rings. The molecule has 0 saturated heterocycles. The van der Waals surface area contributed by atoms with Crippen molar-refractivity contribution in [2.75, 3.05) is 0 Å². The minimum atomic E-state index is -0.807. The number of aromatic nitrogens is 2. The molecule has 1 heterocycles. The van der Waals surface area contributed by atoms with Crippen LogP contribution in [0, 0.1) is 20.2 Å². The van der Waals surface area contributed by atoms with E-state index in [0.29, 0.717) is 0 Å². The Morgan fingerprint density at radius 3 is 2.38 bits per heavy atom. The fraction of sp³-hybridized carbons (Fsp3) is 0. The molecule has 1 aromatic heterocycles. The molecular weight excluding hydrogens is 244 g/mol. The fourth-order valence-electron chi connectivity index (χ4n) is 1.19. The van der Waals surface area contributed by atoms with E-state index in [4.69, 9.17) is 11.6 Å². The normalized spacial score (nSPS) is 10.6. The number of halogens is 1. The van der Waals surface area contributed by atoms with Gasteiger partial charge in [0.2, 0.25) is 11.0 Å². The second-order valence-electron chi connectivity index (χ2n) is 2.70. The van der Waals surface area contributed by atoms with Crippen molar-refractivity contribution in [1.29, 1.82) is 0 Å². The summed E-state index contributed by atoms with van der Waals surface area (Å²) in [6, 6.07) is 0.840. The van der Waals surface area contributed by atoms with E-state index in [-0.39, 0.29) is 16.1 Å². The van der Waals surface area contributed by atoms with Gasteiger partial charge in [-0.1, -0.05) is 11.6 Å². The third kappa shape index (κ3) is 1.34. The summed E-state index contributed by atoms with van der Waals surface area (Å²) in [6.07, 6.45) is 0. The number of nitro benzene ring substituents is 2. The van der Waals surface area contributed by atoms with E-state index < -0.39 is 21.2 Å². The van der Waals surface area contributed by atoms with Gasteiger partial charge in [0.25, 0.3) is 0 Å². The van der Waals surface area contributed by atoms with Crippen LogP contribution in [0.1, 0.15) is 0 Å². The lowest BCUT2D eigenvalue weighted by atomic mass is 10.2. The first-order valence-corrected chi connectivity index (χ1v) is 4.13. The number of nitro groups is 2. The van der Waals surface area contributed by atoms with Gasteiger partial charge in [0.15, 0.2) is 0 Å². The van der Waals surface area contributed by atoms with Crippen LogP contribution < -0.4 is 0 Å². The Hall–Kier alpha value is -2.29. The Balaban J connectivity index is 2.92. The molecule has 0 aliphatic heterocycles. The molecule has 0 radical (unpaired) electrons. The van der Waals surface area contributed by atoms with Gasteiger partial charge in [0.1, 0.15) is 5.02 Å². The van der Waals surface area contributed by atoms with Crippen LogP contribution in [-0.4, -0.2) is 20.2 Å². The first kappa shape index (κ1) is 10.2. The molecule has 0 saturated carbocycles. The quantitative estimate of drug-likeness (QED) is 0.581. The number of benzene rings is 1. The molecule has 0 atom stereocenters. The van der Waals surface area contributed by atoms with E-state index in [1.165, 1.54) is 0 Å². The number of hydrogen-bond acceptors (Lipinski definition) is 7. The Morgan fingerprint density at radius 2 is 1.81 bits per heavy atom. The summed E-state index contributed by atoms with van der Waals surface area (Å²) < 4.78 is 4.23. The lowest BCUT2D eigenvalue weighted by Crippen LogP contribution is -1.95. The minimum absolute atomic E-state index is 0.305. The number of non-ortho nitro benzene ring substituents is 1. The summed E-state index contributed by atoms with van der Waals surface area (Å²) in [4.78, 5) is 19.7. The van der Waals surface area contributed by atoms with Crippen LogP contribution in [0.15, 0.2) is 10.7 Å². The molecule has 2 rings (SSSR count). The van der Waals surface area contributed by atoms with Crippen molar-refractivity contribution in [3.8, 4) is 0 Å². The van der Waals surface area contributed by atoms with Gasteiger partial charge in [0.05, 0.1) is 9.85 Å². The molecule has 10 heteroatoms. The molecule has 0 spiro atoms. The Kier molecular flexibility index (Phi) is 2.16. The van der Waals surface area contributed by atoms with Crippen molar-refractivity contribution in [3.05, 3.63) is 31.3 Å². The largest absolute Gasteiger partial charge is 0.319 e. The lowest BCUT2D eigenvalue weighted by Gasteiger charge is -1.95. The van der Waals surface area contributed by atoms with E-state index in [1.54, 1.807) is 0 Å². The summed E-state index contributed by atoms with van der Waals surface area (Å²) in [5, 5.41) is 27.3. The molecular formula is C6HClN4O5. The summed E-state index contributed by atoms with van der Waals surface area (Å²) in [5.41, 5.74) is -1.71. The highest BCUT2D eigenvalue weighted by atomic mass is 35.5. The zero-order valence-corrected chi connectivity index (χ0v) is 8.04. The predicted octanol–water partition coefficient (Wildman–Crippen LogP) is 1.69. The van der Waals surface area contributed by atoms with E-state index in [0.717, 1.165) is 6.07 Å². The summed E-state index contributed by atoms with van der Waals surface area (Å²) >= 11 is 5.55. The molecule has 16 heavy (non-hydrogen) atoms. The molecule has 0 aliphatic carbocycles. The van der Waals surface area contributed by atoms with Crippen LogP contribution in [0.25, 0.3) is 11.0 Å². The van der Waals surface area contributed by atoms with Crippen molar-refractivity contribution in [2.45, 2.75) is 0 Å². The molecule has 0 fully saturated rings. The van der Waals surface area contributed by atoms with Gasteiger partial charge in [-0.25, -0.2) is 4.63 Å². The van der Waals surface area contributed by atoms with Gasteiger partial charge in [-0.05, 0) is 10.3 Å². The highest BCUT2D eigenvalue weighted by molar-refractivity contribution is 6.34. The van der Waals surface area contributed by atoms with Crippen LogP contribution in [0.2, 0.25) is 5.02 Å². The van der Waals surface area contributed by atoms with E-state index >= 15 is 0 Å². The van der Waals surface area contributed by atoms with Crippen LogP contribution in [0.4, 0.5) is 11.4 Å². The monoisotopic (exact) mass is 244 g/mol. The maximum absolute atomic E-state index is 10.7. The average Bonchev–Trinajstić information content (AvgIpc) is 2.63. The maximum atomic E-state index is 10.7. The van der Waals surface area contributed by atoms with Crippen molar-refractivity contribution in [2.24, 2.45) is 0 Å². The Morgan fingerprint density at radius 1 is 1.19 bits per heavy atom. The molecule has 2 aromatic rings. The Labute approximate surface area is 90.9 Å². The SMILES string of the molecule is O=[N+]([O-])c1cc(Cl)c([N+](=O)[O-])c2nonc12. The summed E-state index contributed by atoms with van der Waals surface area (Å²) in [7, 11) is 0. The zero-order chi connectivity index (χ0) is 11.9. The molecule has 0 bridgehead atoms. The third-order valence-electron chi connectivity index (χ3n) is 1.82. The van der Waals surface area contributed by atoms with Gasteiger partial charge in [-0.15, -0.1) is 0 Å². The zero-order valence-electron chi connectivity index (χ0n) is 7.29. The van der Waals surface area contributed by atoms with Crippen LogP contribution in [-0.2, 0) is 0 Å². The second-order valence-corrected chi connectivity index (χ2v) is 3.11. The maximum Gasteiger partial charge on any atom is 0.319 e. The topological polar surface area (TPSA) is 125 Å². The van der Waals surface area contributed by atoms with E-state index in [9.17, 15) is 20.2 Å². The first-order valence-electron chi connectivity index (χ1n) is 3.76. The van der Waals surface area contributed by atoms with Gasteiger partial charge in [0, 0.05) is 6.07 Å². The molecule has 0 amide bonds. The molecule has 0 N–H and O–H groups in total. The standard InChI is InChI=1S/C6HClN4O5/c7-2-1-3(10(12)13)4-5(9-16-8-4)6(2)11(14)15/h1H. The van der Waals surface area contributed by atoms with Crippen molar-refractivity contribution >= 4 is 34.0 Å². The summed E-state index contributed by atoms with van der Waals surface area (Å²) in [6.45, 7) is 0. The highest BCUT2D eigenvalue weighted by Gasteiger charge is 2.29. The molecule has 9 nitrogen and oxygen atoms in total. The van der Waals surface area contributed by atoms with E-state index in [2.05, 4.69) is 14.9 Å². The summed E-state index contributed by atoms with van der Waals surface area (Å²) in [5.74, 6) is 0. The average molecular weight is 245 g/mol. The second kappa shape index (κ2) is 3.38. The number of nitrogens with zero attached hydrogens (tertiary/aromatic N) is 4. The fourth-order valence-corrected chi connectivity index (χ4v) is 1.46. The van der Waals surface area contributed by atoms with E-state index in [1.807, 2.05) is 0 Å². The van der Waals surface area contributed by atoms with Crippen molar-refractivity contribution < 1.29 is 14.5 Å². The number of fused-ring (bicyclic) bond motifs is 1. The van der Waals surface area contributed by atoms with Crippen LogP contribution >= 0.6 is 11.6 Å². The number of hydrogen-bond donors (Lipinski definition) is 0. The van der Waals surface area contributed by atoms with Gasteiger partial charge < -0.3 is 0 Å². The molecule has 1 aromatic carbocycles. The van der Waals surface area contributed by atoms with Crippen molar-refractivity contribution in [1.82, 2.24) is 10.3 Å². The Bertz CT molecular complexity index is 608. The molecule has 82 valence electrons. The first-order chi connectivity index (χ1) is 7.52. The lowest BCUT2D eigenvalue weighted by molar-refractivity contribution is -0.386. The van der Waals surface area contributed by atoms with Crippen LogP contribution in [0.3, 0.4) is 0 Å². The smallest absolute Gasteiger partial charge is 0.258 e. The van der Waals surface area contributed by atoms with Gasteiger partial charge in [-0.2, -0.15) is 0 Å².